The van der Waals surface area contributed by atoms with Crippen molar-refractivity contribution in [2.24, 2.45) is 0 Å². The Morgan fingerprint density at radius 3 is 3.06 bits per heavy atom. The van der Waals surface area contributed by atoms with Gasteiger partial charge < -0.3 is 10.6 Å². The van der Waals surface area contributed by atoms with E-state index in [2.05, 4.69) is 21.8 Å². The largest absolute Gasteiger partial charge is 0.375 e. The number of carbonyl (C=O) groups excluding carboxylic acids is 1. The van der Waals surface area contributed by atoms with Crippen LogP contribution in [0.1, 0.15) is 34.9 Å². The quantitative estimate of drug-likeness (QED) is 0.919. The highest BCUT2D eigenvalue weighted by Crippen LogP contribution is 2.34. The van der Waals surface area contributed by atoms with Crippen LogP contribution in [-0.2, 0) is 0 Å². The van der Waals surface area contributed by atoms with Gasteiger partial charge in [-0.05, 0) is 35.2 Å². The smallest absolute Gasteiger partial charge is 0.273 e. The molecule has 4 nitrogen and oxygen atoms in total. The zero-order valence-corrected chi connectivity index (χ0v) is 11.3. The van der Waals surface area contributed by atoms with E-state index < -0.39 is 0 Å². The summed E-state index contributed by atoms with van der Waals surface area (Å²) in [5, 5.41) is 6.35. The van der Waals surface area contributed by atoms with Crippen molar-refractivity contribution in [3.63, 3.8) is 0 Å². The van der Waals surface area contributed by atoms with Gasteiger partial charge in [-0.1, -0.05) is 0 Å². The third-order valence-corrected chi connectivity index (χ3v) is 4.56. The van der Waals surface area contributed by atoms with Crippen LogP contribution in [0, 0.1) is 0 Å². The van der Waals surface area contributed by atoms with Crippen LogP contribution >= 0.6 is 22.7 Å². The minimum atomic E-state index is -0.00310. The molecule has 2 aromatic rings. The van der Waals surface area contributed by atoms with Crippen LogP contribution in [-0.4, -0.2) is 22.3 Å². The first-order valence-corrected chi connectivity index (χ1v) is 7.62. The molecule has 0 saturated carbocycles. The summed E-state index contributed by atoms with van der Waals surface area (Å²) in [6.45, 7) is 0.802. The lowest BCUT2D eigenvalue weighted by molar-refractivity contribution is 0.0731. The molecule has 1 saturated heterocycles. The Balaban J connectivity index is 1.85. The number of anilines is 1. The molecule has 6 heteroatoms. The van der Waals surface area contributed by atoms with Crippen molar-refractivity contribution >= 4 is 33.7 Å². The van der Waals surface area contributed by atoms with Crippen LogP contribution in [0.2, 0.25) is 0 Å². The van der Waals surface area contributed by atoms with Crippen LogP contribution in [0.4, 0.5) is 5.13 Å². The van der Waals surface area contributed by atoms with E-state index in [4.69, 9.17) is 5.73 Å². The molecular weight excluding hydrogens is 266 g/mol. The number of hydrogen-bond acceptors (Lipinski definition) is 5. The zero-order chi connectivity index (χ0) is 12.5. The van der Waals surface area contributed by atoms with Gasteiger partial charge in [0.25, 0.3) is 5.91 Å². The lowest BCUT2D eigenvalue weighted by atomic mass is 10.1. The topological polar surface area (TPSA) is 59.2 Å². The molecule has 18 heavy (non-hydrogen) atoms. The molecule has 1 fully saturated rings. The number of amides is 1. The summed E-state index contributed by atoms with van der Waals surface area (Å²) < 4.78 is 0. The van der Waals surface area contributed by atoms with Gasteiger partial charge in [-0.15, -0.1) is 11.3 Å². The molecule has 1 atom stereocenters. The molecular formula is C12H13N3OS2. The van der Waals surface area contributed by atoms with Crippen LogP contribution in [0.3, 0.4) is 0 Å². The van der Waals surface area contributed by atoms with Gasteiger partial charge in [-0.25, -0.2) is 4.98 Å². The number of thiophene rings is 1. The second-order valence-corrected chi connectivity index (χ2v) is 5.95. The predicted molar refractivity (Wildman–Crippen MR) is 73.9 cm³/mol. The van der Waals surface area contributed by atoms with E-state index in [-0.39, 0.29) is 11.9 Å². The van der Waals surface area contributed by atoms with Crippen LogP contribution in [0.15, 0.2) is 22.2 Å². The standard InChI is InChI=1S/C12H13N3OS2/c13-12-14-9(7-18-12)11(16)15-4-1-2-10(15)8-3-5-17-6-8/h3,5-7,10H,1-2,4H2,(H2,13,14). The summed E-state index contributed by atoms with van der Waals surface area (Å²) in [5.74, 6) is -0.00310. The molecule has 2 N–H and O–H groups in total. The summed E-state index contributed by atoms with van der Waals surface area (Å²) in [4.78, 5) is 18.4. The SMILES string of the molecule is Nc1nc(C(=O)N2CCCC2c2ccsc2)cs1. The molecule has 2 aromatic heterocycles. The Labute approximate surface area is 113 Å². The Morgan fingerprint density at radius 1 is 1.50 bits per heavy atom. The fraction of sp³-hybridized carbons (Fsp3) is 0.333. The van der Waals surface area contributed by atoms with Crippen molar-refractivity contribution < 1.29 is 4.79 Å². The molecule has 3 rings (SSSR count). The maximum atomic E-state index is 12.4. The summed E-state index contributed by atoms with van der Waals surface area (Å²) >= 11 is 2.98. The number of hydrogen-bond donors (Lipinski definition) is 1. The van der Waals surface area contributed by atoms with E-state index in [1.165, 1.54) is 16.9 Å². The molecule has 1 aliphatic heterocycles. The summed E-state index contributed by atoms with van der Waals surface area (Å²) in [5.41, 5.74) is 7.29. The predicted octanol–water partition coefficient (Wildman–Crippen LogP) is 2.76. The molecule has 94 valence electrons. The molecule has 0 spiro atoms. The number of thiazole rings is 1. The Kier molecular flexibility index (Phi) is 3.05. The number of likely N-dealkylation sites (tertiary alicyclic amines) is 1. The van der Waals surface area contributed by atoms with E-state index in [0.29, 0.717) is 10.8 Å². The van der Waals surface area contributed by atoms with E-state index in [1.54, 1.807) is 16.7 Å². The first-order valence-electron chi connectivity index (χ1n) is 5.80. The Hall–Kier alpha value is -1.40. The van der Waals surface area contributed by atoms with Crippen LogP contribution in [0.5, 0.6) is 0 Å². The lowest BCUT2D eigenvalue weighted by Gasteiger charge is -2.23. The number of carbonyl (C=O) groups is 1. The first kappa shape index (κ1) is 11.7. The van der Waals surface area contributed by atoms with E-state index in [0.717, 1.165) is 19.4 Å². The van der Waals surface area contributed by atoms with Gasteiger partial charge in [0.15, 0.2) is 5.13 Å². The summed E-state index contributed by atoms with van der Waals surface area (Å²) in [6, 6.07) is 2.29. The molecule has 0 aromatic carbocycles. The second-order valence-electron chi connectivity index (χ2n) is 4.28. The van der Waals surface area contributed by atoms with Crippen LogP contribution < -0.4 is 5.73 Å². The van der Waals surface area contributed by atoms with Crippen LogP contribution in [0.25, 0.3) is 0 Å². The Morgan fingerprint density at radius 2 is 2.39 bits per heavy atom. The van der Waals surface area contributed by atoms with Crippen molar-refractivity contribution in [3.05, 3.63) is 33.5 Å². The third-order valence-electron chi connectivity index (χ3n) is 3.18. The summed E-state index contributed by atoms with van der Waals surface area (Å²) in [7, 11) is 0. The van der Waals surface area contributed by atoms with Gasteiger partial charge in [-0.2, -0.15) is 11.3 Å². The van der Waals surface area contributed by atoms with Crippen molar-refractivity contribution in [1.82, 2.24) is 9.88 Å². The Bertz CT molecular complexity index is 549. The van der Waals surface area contributed by atoms with Gasteiger partial charge in [0.05, 0.1) is 6.04 Å². The highest BCUT2D eigenvalue weighted by atomic mass is 32.1. The molecule has 0 aliphatic carbocycles. The van der Waals surface area contributed by atoms with E-state index in [1.807, 2.05) is 4.90 Å². The monoisotopic (exact) mass is 279 g/mol. The van der Waals surface area contributed by atoms with Crippen molar-refractivity contribution in [3.8, 4) is 0 Å². The third kappa shape index (κ3) is 2.02. The maximum Gasteiger partial charge on any atom is 0.273 e. The van der Waals surface area contributed by atoms with Gasteiger partial charge in [0, 0.05) is 11.9 Å². The van der Waals surface area contributed by atoms with Gasteiger partial charge in [0.1, 0.15) is 5.69 Å². The number of aromatic nitrogens is 1. The minimum absolute atomic E-state index is 0.00310. The van der Waals surface area contributed by atoms with E-state index in [9.17, 15) is 4.79 Å². The fourth-order valence-corrected chi connectivity index (χ4v) is 3.60. The number of rotatable bonds is 2. The lowest BCUT2D eigenvalue weighted by Crippen LogP contribution is -2.30. The number of nitrogens with zero attached hydrogens (tertiary/aromatic N) is 2. The van der Waals surface area contributed by atoms with Crippen molar-refractivity contribution in [2.45, 2.75) is 18.9 Å². The zero-order valence-electron chi connectivity index (χ0n) is 9.70. The van der Waals surface area contributed by atoms with Crippen molar-refractivity contribution in [1.29, 1.82) is 0 Å². The average Bonchev–Trinajstić information content (AvgIpc) is 3.08. The van der Waals surface area contributed by atoms with Crippen molar-refractivity contribution in [2.75, 3.05) is 12.3 Å². The molecule has 0 bridgehead atoms. The summed E-state index contributed by atoms with van der Waals surface area (Å²) in [6.07, 6.45) is 2.08. The number of nitrogen functional groups attached to an aromatic ring is 1. The second kappa shape index (κ2) is 4.70. The van der Waals surface area contributed by atoms with Gasteiger partial charge >= 0.3 is 0 Å². The molecule has 0 radical (unpaired) electrons. The average molecular weight is 279 g/mol. The normalized spacial score (nSPS) is 19.3. The molecule has 1 unspecified atom stereocenters. The highest BCUT2D eigenvalue weighted by Gasteiger charge is 2.31. The molecule has 1 amide bonds. The van der Waals surface area contributed by atoms with E-state index >= 15 is 0 Å². The highest BCUT2D eigenvalue weighted by molar-refractivity contribution is 7.13. The molecule has 1 aliphatic rings. The first-order chi connectivity index (χ1) is 8.75. The van der Waals surface area contributed by atoms with Gasteiger partial charge in [-0.3, -0.25) is 4.79 Å². The molecule has 3 heterocycles. The maximum absolute atomic E-state index is 12.4. The minimum Gasteiger partial charge on any atom is -0.375 e. The fourth-order valence-electron chi connectivity index (χ4n) is 2.35. The van der Waals surface area contributed by atoms with Gasteiger partial charge in [0.2, 0.25) is 0 Å². The number of nitrogens with two attached hydrogens (primary N) is 1.